The van der Waals surface area contributed by atoms with Gasteiger partial charge in [-0.15, -0.1) is 0 Å². The van der Waals surface area contributed by atoms with Crippen molar-refractivity contribution in [1.29, 1.82) is 0 Å². The van der Waals surface area contributed by atoms with Gasteiger partial charge in [-0.1, -0.05) is 28.9 Å². The fourth-order valence-electron chi connectivity index (χ4n) is 2.86. The molecule has 0 bridgehead atoms. The van der Waals surface area contributed by atoms with E-state index in [1.807, 2.05) is 0 Å². The minimum absolute atomic E-state index is 0.244. The number of hydrogen-bond acceptors (Lipinski definition) is 3. The zero-order valence-corrected chi connectivity index (χ0v) is 13.8. The second-order valence-corrected chi connectivity index (χ2v) is 6.39. The molecular formula is C16H25BrN2O. The van der Waals surface area contributed by atoms with Gasteiger partial charge in [0.2, 0.25) is 0 Å². The minimum atomic E-state index is 0.244. The van der Waals surface area contributed by atoms with Crippen LogP contribution in [-0.4, -0.2) is 30.8 Å². The van der Waals surface area contributed by atoms with Crippen LogP contribution in [0, 0.1) is 0 Å². The molecule has 1 aromatic rings. The second-order valence-electron chi connectivity index (χ2n) is 5.48. The first-order chi connectivity index (χ1) is 9.76. The summed E-state index contributed by atoms with van der Waals surface area (Å²) < 4.78 is 1.11. The van der Waals surface area contributed by atoms with Crippen molar-refractivity contribution >= 4 is 21.6 Å². The summed E-state index contributed by atoms with van der Waals surface area (Å²) in [5.74, 6) is 0. The van der Waals surface area contributed by atoms with Gasteiger partial charge in [0.05, 0.1) is 12.6 Å². The van der Waals surface area contributed by atoms with Crippen molar-refractivity contribution < 1.29 is 5.11 Å². The number of hydrogen-bond donors (Lipinski definition) is 2. The van der Waals surface area contributed by atoms with Gasteiger partial charge >= 0.3 is 0 Å². The average Bonchev–Trinajstić information content (AvgIpc) is 2.49. The Labute approximate surface area is 130 Å². The summed E-state index contributed by atoms with van der Waals surface area (Å²) in [4.78, 5) is 2.39. The molecule has 20 heavy (non-hydrogen) atoms. The number of aliphatic hydroxyl groups excluding tert-OH is 1. The molecule has 0 saturated carbocycles. The van der Waals surface area contributed by atoms with Crippen molar-refractivity contribution in [3.8, 4) is 0 Å². The molecule has 4 heteroatoms. The number of aliphatic hydroxyl groups is 1. The maximum atomic E-state index is 9.63. The molecule has 112 valence electrons. The number of nitrogens with one attached hydrogen (secondary N) is 1. The van der Waals surface area contributed by atoms with E-state index < -0.39 is 0 Å². The lowest BCUT2D eigenvalue weighted by Gasteiger charge is -2.38. The van der Waals surface area contributed by atoms with Crippen molar-refractivity contribution in [2.24, 2.45) is 0 Å². The van der Waals surface area contributed by atoms with E-state index in [0.29, 0.717) is 0 Å². The predicted molar refractivity (Wildman–Crippen MR) is 88.2 cm³/mol. The first-order valence-electron chi connectivity index (χ1n) is 7.63. The SMILES string of the molecule is CCCNCc1ccc(Br)cc1N1CCCCC1CO. The Bertz CT molecular complexity index is 425. The Morgan fingerprint density at radius 3 is 3.00 bits per heavy atom. The zero-order chi connectivity index (χ0) is 14.4. The van der Waals surface area contributed by atoms with Crippen LogP contribution < -0.4 is 10.2 Å². The predicted octanol–water partition coefficient (Wildman–Crippen LogP) is 3.30. The number of halogens is 1. The first-order valence-corrected chi connectivity index (χ1v) is 8.42. The lowest BCUT2D eigenvalue weighted by atomic mass is 10.00. The second kappa shape index (κ2) is 8.01. The lowest BCUT2D eigenvalue weighted by molar-refractivity contribution is 0.240. The van der Waals surface area contributed by atoms with Gasteiger partial charge < -0.3 is 15.3 Å². The highest BCUT2D eigenvalue weighted by molar-refractivity contribution is 9.10. The third kappa shape index (κ3) is 3.96. The summed E-state index contributed by atoms with van der Waals surface area (Å²) in [6.07, 6.45) is 4.67. The molecule has 1 saturated heterocycles. The average molecular weight is 341 g/mol. The molecule has 0 aliphatic carbocycles. The van der Waals surface area contributed by atoms with Crippen LogP contribution in [0.15, 0.2) is 22.7 Å². The molecule has 0 radical (unpaired) electrons. The standard InChI is InChI=1S/C16H25BrN2O/c1-2-8-18-11-13-6-7-14(17)10-16(13)19-9-4-3-5-15(19)12-20/h6-7,10,15,18,20H,2-5,8-9,11-12H2,1H3. The molecular weight excluding hydrogens is 316 g/mol. The van der Waals surface area contributed by atoms with Crippen LogP contribution >= 0.6 is 15.9 Å². The van der Waals surface area contributed by atoms with Gasteiger partial charge in [-0.05, 0) is 49.9 Å². The van der Waals surface area contributed by atoms with Gasteiger partial charge in [-0.25, -0.2) is 0 Å². The Morgan fingerprint density at radius 2 is 2.25 bits per heavy atom. The van der Waals surface area contributed by atoms with Crippen LogP contribution in [0.25, 0.3) is 0 Å². The summed E-state index contributed by atoms with van der Waals surface area (Å²) in [5, 5.41) is 13.1. The van der Waals surface area contributed by atoms with Gasteiger partial charge in [0.15, 0.2) is 0 Å². The van der Waals surface area contributed by atoms with E-state index in [4.69, 9.17) is 0 Å². The highest BCUT2D eigenvalue weighted by atomic mass is 79.9. The van der Waals surface area contributed by atoms with Crippen molar-refractivity contribution in [3.63, 3.8) is 0 Å². The molecule has 1 heterocycles. The third-order valence-electron chi connectivity index (χ3n) is 3.94. The lowest BCUT2D eigenvalue weighted by Crippen LogP contribution is -2.42. The van der Waals surface area contributed by atoms with Crippen molar-refractivity contribution in [3.05, 3.63) is 28.2 Å². The molecule has 0 aromatic heterocycles. The summed E-state index contributed by atoms with van der Waals surface area (Å²) >= 11 is 3.58. The van der Waals surface area contributed by atoms with Crippen LogP contribution in [0.5, 0.6) is 0 Å². The van der Waals surface area contributed by atoms with Crippen molar-refractivity contribution in [2.75, 3.05) is 24.6 Å². The molecule has 0 spiro atoms. The van der Waals surface area contributed by atoms with Crippen molar-refractivity contribution in [2.45, 2.75) is 45.2 Å². The summed E-state index contributed by atoms with van der Waals surface area (Å²) in [5.41, 5.74) is 2.59. The van der Waals surface area contributed by atoms with E-state index >= 15 is 0 Å². The van der Waals surface area contributed by atoms with Crippen molar-refractivity contribution in [1.82, 2.24) is 5.32 Å². The molecule has 1 aromatic carbocycles. The Kier molecular flexibility index (Phi) is 6.33. The van der Waals surface area contributed by atoms with Gasteiger partial charge in [-0.3, -0.25) is 0 Å². The van der Waals surface area contributed by atoms with Crippen LogP contribution in [0.4, 0.5) is 5.69 Å². The zero-order valence-electron chi connectivity index (χ0n) is 12.2. The smallest absolute Gasteiger partial charge is 0.0635 e. The van der Waals surface area contributed by atoms with Crippen LogP contribution in [0.2, 0.25) is 0 Å². The molecule has 1 atom stereocenters. The molecule has 1 fully saturated rings. The minimum Gasteiger partial charge on any atom is -0.394 e. The topological polar surface area (TPSA) is 35.5 Å². The van der Waals surface area contributed by atoms with Gasteiger partial charge in [0.1, 0.15) is 0 Å². The molecule has 2 rings (SSSR count). The third-order valence-corrected chi connectivity index (χ3v) is 4.43. The van der Waals surface area contributed by atoms with E-state index in [2.05, 4.69) is 51.3 Å². The van der Waals surface area contributed by atoms with E-state index in [1.54, 1.807) is 0 Å². The molecule has 0 amide bonds. The van der Waals surface area contributed by atoms with Crippen LogP contribution in [0.1, 0.15) is 38.2 Å². The molecule has 3 nitrogen and oxygen atoms in total. The van der Waals surface area contributed by atoms with Gasteiger partial charge in [0.25, 0.3) is 0 Å². The Hall–Kier alpha value is -0.580. The number of anilines is 1. The fourth-order valence-corrected chi connectivity index (χ4v) is 3.21. The van der Waals surface area contributed by atoms with E-state index in [0.717, 1.165) is 36.9 Å². The van der Waals surface area contributed by atoms with E-state index in [-0.39, 0.29) is 12.6 Å². The summed E-state index contributed by atoms with van der Waals surface area (Å²) in [6.45, 7) is 5.41. The van der Waals surface area contributed by atoms with E-state index in [9.17, 15) is 5.11 Å². The number of rotatable bonds is 6. The fraction of sp³-hybridized carbons (Fsp3) is 0.625. The van der Waals surface area contributed by atoms with Gasteiger partial charge in [-0.2, -0.15) is 0 Å². The summed E-state index contributed by atoms with van der Waals surface area (Å²) in [7, 11) is 0. The quantitative estimate of drug-likeness (QED) is 0.780. The number of benzene rings is 1. The number of piperidine rings is 1. The normalized spacial score (nSPS) is 19.4. The highest BCUT2D eigenvalue weighted by Gasteiger charge is 2.23. The molecule has 1 unspecified atom stereocenters. The Balaban J connectivity index is 2.20. The number of nitrogens with zero attached hydrogens (tertiary/aromatic N) is 1. The van der Waals surface area contributed by atoms with Crippen LogP contribution in [-0.2, 0) is 6.54 Å². The monoisotopic (exact) mass is 340 g/mol. The van der Waals surface area contributed by atoms with E-state index in [1.165, 1.54) is 24.1 Å². The molecule has 2 N–H and O–H groups in total. The van der Waals surface area contributed by atoms with Crippen LogP contribution in [0.3, 0.4) is 0 Å². The largest absolute Gasteiger partial charge is 0.394 e. The Morgan fingerprint density at radius 1 is 1.40 bits per heavy atom. The summed E-state index contributed by atoms with van der Waals surface area (Å²) in [6, 6.07) is 6.75. The molecule has 1 aliphatic rings. The first kappa shape index (κ1) is 15.8. The molecule has 1 aliphatic heterocycles. The maximum Gasteiger partial charge on any atom is 0.0635 e. The maximum absolute atomic E-state index is 9.63. The van der Waals surface area contributed by atoms with Gasteiger partial charge in [0, 0.05) is 23.2 Å². The highest BCUT2D eigenvalue weighted by Crippen LogP contribution is 2.30.